The zero-order chi connectivity index (χ0) is 14.9. The molecule has 1 saturated heterocycles. The highest BCUT2D eigenvalue weighted by molar-refractivity contribution is 6.30. The van der Waals surface area contributed by atoms with Crippen LogP contribution in [0.25, 0.3) is 23.0 Å². The van der Waals surface area contributed by atoms with Crippen molar-refractivity contribution in [2.24, 2.45) is 0 Å². The van der Waals surface area contributed by atoms with E-state index in [1.54, 1.807) is 6.07 Å². The first-order valence-corrected chi connectivity index (χ1v) is 7.53. The molecule has 3 heterocycles. The molecule has 3 aromatic rings. The van der Waals surface area contributed by atoms with Gasteiger partial charge in [-0.25, -0.2) is 0 Å². The molecular formula is C15H14ClN5O. The smallest absolute Gasteiger partial charge is 0.278 e. The van der Waals surface area contributed by atoms with Gasteiger partial charge in [0.25, 0.3) is 5.89 Å². The highest BCUT2D eigenvalue weighted by atomic mass is 35.5. The van der Waals surface area contributed by atoms with Crippen LogP contribution in [0.4, 0.5) is 0 Å². The van der Waals surface area contributed by atoms with Crippen LogP contribution in [0.2, 0.25) is 5.02 Å². The number of nitrogens with one attached hydrogen (secondary N) is 2. The lowest BCUT2D eigenvalue weighted by molar-refractivity contribution is 0.431. The summed E-state index contributed by atoms with van der Waals surface area (Å²) >= 11 is 5.99. The van der Waals surface area contributed by atoms with Gasteiger partial charge in [-0.1, -0.05) is 28.9 Å². The quantitative estimate of drug-likeness (QED) is 0.777. The van der Waals surface area contributed by atoms with Crippen molar-refractivity contribution in [2.45, 2.75) is 12.3 Å². The molecule has 1 aromatic carbocycles. The van der Waals surface area contributed by atoms with Crippen LogP contribution in [-0.4, -0.2) is 33.4 Å². The maximum absolute atomic E-state index is 5.99. The second-order valence-corrected chi connectivity index (χ2v) is 5.77. The molecule has 1 atom stereocenters. The van der Waals surface area contributed by atoms with E-state index < -0.39 is 0 Å². The molecule has 0 aliphatic carbocycles. The van der Waals surface area contributed by atoms with Crippen LogP contribution < -0.4 is 5.32 Å². The van der Waals surface area contributed by atoms with Gasteiger partial charge in [0.05, 0.1) is 0 Å². The summed E-state index contributed by atoms with van der Waals surface area (Å²) in [6.45, 7) is 2.01. The van der Waals surface area contributed by atoms with E-state index in [-0.39, 0.29) is 0 Å². The third-order valence-electron chi connectivity index (χ3n) is 3.83. The van der Waals surface area contributed by atoms with Gasteiger partial charge in [-0.05, 0) is 31.2 Å². The molecule has 2 N–H and O–H groups in total. The predicted molar refractivity (Wildman–Crippen MR) is 82.6 cm³/mol. The second-order valence-electron chi connectivity index (χ2n) is 5.33. The third kappa shape index (κ3) is 2.51. The van der Waals surface area contributed by atoms with Gasteiger partial charge in [-0.3, -0.25) is 5.10 Å². The fraction of sp³-hybridized carbons (Fsp3) is 0.267. The van der Waals surface area contributed by atoms with E-state index in [9.17, 15) is 0 Å². The van der Waals surface area contributed by atoms with Crippen molar-refractivity contribution in [3.63, 3.8) is 0 Å². The predicted octanol–water partition coefficient (Wildman–Crippen LogP) is 2.86. The lowest BCUT2D eigenvalue weighted by Crippen LogP contribution is -2.08. The Bertz CT molecular complexity index is 791. The van der Waals surface area contributed by atoms with E-state index in [1.807, 2.05) is 24.3 Å². The molecule has 112 valence electrons. The van der Waals surface area contributed by atoms with Gasteiger partial charge in [0.2, 0.25) is 5.82 Å². The van der Waals surface area contributed by atoms with E-state index in [2.05, 4.69) is 25.7 Å². The minimum Gasteiger partial charge on any atom is -0.332 e. The molecule has 1 aliphatic rings. The van der Waals surface area contributed by atoms with Crippen molar-refractivity contribution in [1.29, 1.82) is 0 Å². The van der Waals surface area contributed by atoms with E-state index in [0.29, 0.717) is 28.3 Å². The molecule has 0 amide bonds. The molecule has 22 heavy (non-hydrogen) atoms. The number of hydrogen-bond acceptors (Lipinski definition) is 5. The molecule has 1 aliphatic heterocycles. The number of rotatable bonds is 3. The second kappa shape index (κ2) is 5.55. The summed E-state index contributed by atoms with van der Waals surface area (Å²) in [6.07, 6.45) is 1.11. The summed E-state index contributed by atoms with van der Waals surface area (Å²) in [5.74, 6) is 1.38. The Morgan fingerprint density at radius 3 is 3.05 bits per heavy atom. The molecule has 2 aromatic heterocycles. The summed E-state index contributed by atoms with van der Waals surface area (Å²) in [5, 5.41) is 15.3. The average molecular weight is 316 g/mol. The average Bonchev–Trinajstić information content (AvgIpc) is 3.27. The molecule has 0 saturated carbocycles. The third-order valence-corrected chi connectivity index (χ3v) is 4.06. The molecule has 7 heteroatoms. The zero-order valence-electron chi connectivity index (χ0n) is 11.7. The standard InChI is InChI=1S/C15H14ClN5O/c16-11-3-1-2-9(6-11)14-18-15(22-21-14)13-7-12(19-20-13)10-4-5-17-8-10/h1-3,6-7,10,17H,4-5,8H2,(H,19,20). The Morgan fingerprint density at radius 1 is 1.27 bits per heavy atom. The van der Waals surface area contributed by atoms with Gasteiger partial charge in [-0.2, -0.15) is 10.1 Å². The summed E-state index contributed by atoms with van der Waals surface area (Å²) < 4.78 is 5.32. The van der Waals surface area contributed by atoms with Crippen LogP contribution in [-0.2, 0) is 0 Å². The van der Waals surface area contributed by atoms with Gasteiger partial charge in [0.15, 0.2) is 5.69 Å². The highest BCUT2D eigenvalue weighted by Gasteiger charge is 2.21. The number of hydrogen-bond donors (Lipinski definition) is 2. The molecular weight excluding hydrogens is 302 g/mol. The van der Waals surface area contributed by atoms with E-state index in [1.165, 1.54) is 0 Å². The van der Waals surface area contributed by atoms with Crippen LogP contribution in [0.15, 0.2) is 34.9 Å². The van der Waals surface area contributed by atoms with Crippen molar-refractivity contribution in [2.75, 3.05) is 13.1 Å². The molecule has 6 nitrogen and oxygen atoms in total. The minimum atomic E-state index is 0.406. The Morgan fingerprint density at radius 2 is 2.23 bits per heavy atom. The fourth-order valence-corrected chi connectivity index (χ4v) is 2.84. The fourth-order valence-electron chi connectivity index (χ4n) is 2.65. The summed E-state index contributed by atoms with van der Waals surface area (Å²) in [7, 11) is 0. The Balaban J connectivity index is 1.61. The first-order chi connectivity index (χ1) is 10.8. The normalized spacial score (nSPS) is 18.0. The monoisotopic (exact) mass is 315 g/mol. The van der Waals surface area contributed by atoms with Crippen molar-refractivity contribution in [3.05, 3.63) is 41.0 Å². The van der Waals surface area contributed by atoms with Crippen LogP contribution in [0.5, 0.6) is 0 Å². The van der Waals surface area contributed by atoms with Crippen LogP contribution >= 0.6 is 11.6 Å². The SMILES string of the molecule is Clc1cccc(-c2noc(-c3cc(C4CCNC4)[nH]n3)n2)c1. The van der Waals surface area contributed by atoms with Gasteiger partial charge in [0, 0.05) is 28.7 Å². The summed E-state index contributed by atoms with van der Waals surface area (Å²) in [5.41, 5.74) is 2.59. The number of aromatic nitrogens is 4. The van der Waals surface area contributed by atoms with Crippen LogP contribution in [0, 0.1) is 0 Å². The Labute approximate surface area is 131 Å². The van der Waals surface area contributed by atoms with Crippen LogP contribution in [0.3, 0.4) is 0 Å². The van der Waals surface area contributed by atoms with Gasteiger partial charge in [-0.15, -0.1) is 0 Å². The Hall–Kier alpha value is -2.18. The molecule has 1 fully saturated rings. The van der Waals surface area contributed by atoms with E-state index in [0.717, 1.165) is 30.8 Å². The first kappa shape index (κ1) is 13.5. The number of H-pyrrole nitrogens is 1. The van der Waals surface area contributed by atoms with Crippen molar-refractivity contribution < 1.29 is 4.52 Å². The van der Waals surface area contributed by atoms with E-state index >= 15 is 0 Å². The topological polar surface area (TPSA) is 79.6 Å². The molecule has 1 unspecified atom stereocenters. The van der Waals surface area contributed by atoms with Crippen molar-refractivity contribution in [3.8, 4) is 23.0 Å². The molecule has 0 spiro atoms. The first-order valence-electron chi connectivity index (χ1n) is 7.15. The number of benzene rings is 1. The lowest BCUT2D eigenvalue weighted by Gasteiger charge is -2.02. The molecule has 0 radical (unpaired) electrons. The summed E-state index contributed by atoms with van der Waals surface area (Å²) in [6, 6.07) is 9.33. The molecule has 4 rings (SSSR count). The van der Waals surface area contributed by atoms with Crippen molar-refractivity contribution in [1.82, 2.24) is 25.7 Å². The largest absolute Gasteiger partial charge is 0.332 e. The number of halogens is 1. The summed E-state index contributed by atoms with van der Waals surface area (Å²) in [4.78, 5) is 4.40. The minimum absolute atomic E-state index is 0.406. The van der Waals surface area contributed by atoms with Gasteiger partial charge in [0.1, 0.15) is 0 Å². The van der Waals surface area contributed by atoms with Crippen molar-refractivity contribution >= 4 is 11.6 Å². The lowest BCUT2D eigenvalue weighted by atomic mass is 10.1. The highest BCUT2D eigenvalue weighted by Crippen LogP contribution is 2.26. The maximum Gasteiger partial charge on any atom is 0.278 e. The molecule has 0 bridgehead atoms. The Kier molecular flexibility index (Phi) is 3.40. The van der Waals surface area contributed by atoms with Crippen LogP contribution in [0.1, 0.15) is 18.0 Å². The zero-order valence-corrected chi connectivity index (χ0v) is 12.5. The van der Waals surface area contributed by atoms with Gasteiger partial charge >= 0.3 is 0 Å². The number of aromatic amines is 1. The van der Waals surface area contributed by atoms with E-state index in [4.69, 9.17) is 16.1 Å². The van der Waals surface area contributed by atoms with Gasteiger partial charge < -0.3 is 9.84 Å². The number of nitrogens with zero attached hydrogens (tertiary/aromatic N) is 3. The maximum atomic E-state index is 5.99.